The maximum absolute atomic E-state index is 13.5. The molecule has 7 heteroatoms. The van der Waals surface area contributed by atoms with E-state index in [1.807, 2.05) is 43.0 Å². The summed E-state index contributed by atoms with van der Waals surface area (Å²) in [6.07, 6.45) is 1.64. The molecule has 3 rings (SSSR count). The lowest BCUT2D eigenvalue weighted by Gasteiger charge is -2.39. The van der Waals surface area contributed by atoms with Crippen molar-refractivity contribution in [1.29, 1.82) is 0 Å². The van der Waals surface area contributed by atoms with Crippen LogP contribution in [0.5, 0.6) is 5.75 Å². The zero-order chi connectivity index (χ0) is 21.8. The van der Waals surface area contributed by atoms with Gasteiger partial charge in [-0.15, -0.1) is 11.3 Å². The number of hydrogen-bond acceptors (Lipinski definition) is 4. The standard InChI is InChI=1S/C23H31N3O3S/c1-6-16(2)26(23(28)24(3)4)15-21(27)25-13-11-20-19(12-14-30-20)22(25)17-7-9-18(29-5)10-8-17/h7-10,12,14,16,22H,6,11,13,15H2,1-5H3/t16-,22-/m0/s1. The van der Waals surface area contributed by atoms with E-state index < -0.39 is 0 Å². The summed E-state index contributed by atoms with van der Waals surface area (Å²) in [4.78, 5) is 32.7. The van der Waals surface area contributed by atoms with Crippen molar-refractivity contribution < 1.29 is 14.3 Å². The van der Waals surface area contributed by atoms with Crippen molar-refractivity contribution in [3.05, 3.63) is 51.7 Å². The number of amides is 3. The van der Waals surface area contributed by atoms with Crippen LogP contribution in [-0.2, 0) is 11.2 Å². The summed E-state index contributed by atoms with van der Waals surface area (Å²) < 4.78 is 5.30. The second kappa shape index (κ2) is 9.51. The number of benzene rings is 1. The molecule has 0 saturated carbocycles. The van der Waals surface area contributed by atoms with Gasteiger partial charge in [-0.25, -0.2) is 4.79 Å². The van der Waals surface area contributed by atoms with Gasteiger partial charge >= 0.3 is 6.03 Å². The van der Waals surface area contributed by atoms with Crippen LogP contribution >= 0.6 is 11.3 Å². The Morgan fingerprint density at radius 3 is 2.53 bits per heavy atom. The highest BCUT2D eigenvalue weighted by Crippen LogP contribution is 2.38. The van der Waals surface area contributed by atoms with Gasteiger partial charge in [0, 0.05) is 31.6 Å². The zero-order valence-corrected chi connectivity index (χ0v) is 19.2. The molecule has 2 aromatic rings. The van der Waals surface area contributed by atoms with Gasteiger partial charge in [0.05, 0.1) is 13.2 Å². The van der Waals surface area contributed by atoms with E-state index in [1.165, 1.54) is 15.3 Å². The SMILES string of the molecule is CC[C@H](C)N(CC(=O)N1CCc2sccc2[C@@H]1c1ccc(OC)cc1)C(=O)N(C)C. The lowest BCUT2D eigenvalue weighted by molar-refractivity contribution is -0.134. The number of fused-ring (bicyclic) bond motifs is 1. The van der Waals surface area contributed by atoms with Crippen LogP contribution in [0.1, 0.15) is 42.3 Å². The fourth-order valence-electron chi connectivity index (χ4n) is 3.86. The molecule has 1 aromatic heterocycles. The average Bonchev–Trinajstić information content (AvgIpc) is 3.24. The monoisotopic (exact) mass is 429 g/mol. The number of urea groups is 1. The molecule has 2 atom stereocenters. The van der Waals surface area contributed by atoms with Gasteiger partial charge in [0.1, 0.15) is 12.3 Å². The highest BCUT2D eigenvalue weighted by atomic mass is 32.1. The molecule has 1 aliphatic rings. The smallest absolute Gasteiger partial charge is 0.320 e. The number of rotatable bonds is 6. The summed E-state index contributed by atoms with van der Waals surface area (Å²) in [6, 6.07) is 9.73. The zero-order valence-electron chi connectivity index (χ0n) is 18.4. The van der Waals surface area contributed by atoms with Crippen LogP contribution < -0.4 is 4.74 Å². The molecular formula is C23H31N3O3S. The Labute approximate surface area is 183 Å². The molecule has 1 aromatic carbocycles. The number of methoxy groups -OCH3 is 1. The summed E-state index contributed by atoms with van der Waals surface area (Å²) in [5, 5.41) is 2.09. The Balaban J connectivity index is 1.91. The number of carbonyl (C=O) groups is 2. The molecule has 0 aliphatic carbocycles. The normalized spacial score (nSPS) is 16.6. The van der Waals surface area contributed by atoms with E-state index in [0.717, 1.165) is 24.2 Å². The fourth-order valence-corrected chi connectivity index (χ4v) is 4.76. The van der Waals surface area contributed by atoms with Crippen molar-refractivity contribution in [3.63, 3.8) is 0 Å². The molecule has 0 bridgehead atoms. The Morgan fingerprint density at radius 2 is 1.93 bits per heavy atom. The number of carbonyl (C=O) groups excluding carboxylic acids is 2. The quantitative estimate of drug-likeness (QED) is 0.697. The Morgan fingerprint density at radius 1 is 1.23 bits per heavy atom. The molecule has 162 valence electrons. The first-order chi connectivity index (χ1) is 14.4. The number of nitrogens with zero attached hydrogens (tertiary/aromatic N) is 3. The number of hydrogen-bond donors (Lipinski definition) is 0. The van der Waals surface area contributed by atoms with Crippen LogP contribution in [0.2, 0.25) is 0 Å². The van der Waals surface area contributed by atoms with E-state index in [0.29, 0.717) is 6.54 Å². The summed E-state index contributed by atoms with van der Waals surface area (Å²) in [7, 11) is 5.09. The second-order valence-corrected chi connectivity index (χ2v) is 8.87. The summed E-state index contributed by atoms with van der Waals surface area (Å²) in [5.41, 5.74) is 2.23. The van der Waals surface area contributed by atoms with Gasteiger partial charge in [0.25, 0.3) is 0 Å². The molecule has 0 unspecified atom stereocenters. The van der Waals surface area contributed by atoms with E-state index in [4.69, 9.17) is 4.74 Å². The van der Waals surface area contributed by atoms with Gasteiger partial charge in [-0.3, -0.25) is 4.79 Å². The minimum Gasteiger partial charge on any atom is -0.497 e. The van der Waals surface area contributed by atoms with Crippen molar-refractivity contribution in [3.8, 4) is 5.75 Å². The van der Waals surface area contributed by atoms with Crippen LogP contribution in [0.15, 0.2) is 35.7 Å². The van der Waals surface area contributed by atoms with Crippen LogP contribution in [0.4, 0.5) is 4.79 Å². The lowest BCUT2D eigenvalue weighted by Crippen LogP contribution is -2.51. The first-order valence-corrected chi connectivity index (χ1v) is 11.2. The van der Waals surface area contributed by atoms with Crippen molar-refractivity contribution in [2.24, 2.45) is 0 Å². The molecule has 30 heavy (non-hydrogen) atoms. The second-order valence-electron chi connectivity index (χ2n) is 7.87. The van der Waals surface area contributed by atoms with Gasteiger partial charge in [0.15, 0.2) is 0 Å². The fraction of sp³-hybridized carbons (Fsp3) is 0.478. The van der Waals surface area contributed by atoms with Crippen molar-refractivity contribution in [1.82, 2.24) is 14.7 Å². The topological polar surface area (TPSA) is 53.1 Å². The number of ether oxygens (including phenoxy) is 1. The third kappa shape index (κ3) is 4.46. The van der Waals surface area contributed by atoms with E-state index in [-0.39, 0.29) is 30.6 Å². The predicted octanol–water partition coefficient (Wildman–Crippen LogP) is 4.01. The van der Waals surface area contributed by atoms with E-state index in [1.54, 1.807) is 37.4 Å². The Bertz CT molecular complexity index is 878. The maximum atomic E-state index is 13.5. The minimum absolute atomic E-state index is 0.00946. The molecule has 1 aliphatic heterocycles. The third-order valence-corrected chi connectivity index (χ3v) is 6.77. The highest BCUT2D eigenvalue weighted by molar-refractivity contribution is 7.10. The Hall–Kier alpha value is -2.54. The molecule has 0 radical (unpaired) electrons. The van der Waals surface area contributed by atoms with E-state index >= 15 is 0 Å². The Kier molecular flexibility index (Phi) is 7.02. The lowest BCUT2D eigenvalue weighted by atomic mass is 9.93. The molecule has 2 heterocycles. The average molecular weight is 430 g/mol. The molecule has 6 nitrogen and oxygen atoms in total. The van der Waals surface area contributed by atoms with E-state index in [9.17, 15) is 9.59 Å². The van der Waals surface area contributed by atoms with Crippen molar-refractivity contribution >= 4 is 23.3 Å². The van der Waals surface area contributed by atoms with Crippen molar-refractivity contribution in [2.75, 3.05) is 34.3 Å². The van der Waals surface area contributed by atoms with E-state index in [2.05, 4.69) is 11.4 Å². The highest BCUT2D eigenvalue weighted by Gasteiger charge is 2.34. The van der Waals surface area contributed by atoms with Gasteiger partial charge in [0.2, 0.25) is 5.91 Å². The van der Waals surface area contributed by atoms with Crippen LogP contribution in [-0.4, -0.2) is 67.0 Å². The first kappa shape index (κ1) is 22.2. The largest absolute Gasteiger partial charge is 0.497 e. The van der Waals surface area contributed by atoms with Gasteiger partial charge in [-0.1, -0.05) is 19.1 Å². The van der Waals surface area contributed by atoms with Gasteiger partial charge in [-0.05, 0) is 54.5 Å². The third-order valence-electron chi connectivity index (χ3n) is 5.77. The summed E-state index contributed by atoms with van der Waals surface area (Å²) in [5.74, 6) is 0.765. The molecule has 3 amide bonds. The summed E-state index contributed by atoms with van der Waals surface area (Å²) >= 11 is 1.74. The van der Waals surface area contributed by atoms with Crippen molar-refractivity contribution in [2.45, 2.75) is 38.8 Å². The molecule has 0 N–H and O–H groups in total. The van der Waals surface area contributed by atoms with Crippen LogP contribution in [0, 0.1) is 0 Å². The first-order valence-electron chi connectivity index (χ1n) is 10.3. The minimum atomic E-state index is -0.147. The predicted molar refractivity (Wildman–Crippen MR) is 120 cm³/mol. The molecular weight excluding hydrogens is 398 g/mol. The van der Waals surface area contributed by atoms with Crippen LogP contribution in [0.3, 0.4) is 0 Å². The maximum Gasteiger partial charge on any atom is 0.320 e. The van der Waals surface area contributed by atoms with Gasteiger partial charge in [-0.2, -0.15) is 0 Å². The van der Waals surface area contributed by atoms with Crippen LogP contribution in [0.25, 0.3) is 0 Å². The summed E-state index contributed by atoms with van der Waals surface area (Å²) in [6.45, 7) is 4.75. The molecule has 0 saturated heterocycles. The number of thiophene rings is 1. The molecule has 0 fully saturated rings. The molecule has 0 spiro atoms. The van der Waals surface area contributed by atoms with Gasteiger partial charge < -0.3 is 19.4 Å².